The first-order valence-corrected chi connectivity index (χ1v) is 3.74. The third kappa shape index (κ3) is 1.39. The molecule has 4 nitrogen and oxygen atoms in total. The van der Waals surface area contributed by atoms with E-state index >= 15 is 0 Å². The second-order valence-corrected chi connectivity index (χ2v) is 3.15. The second kappa shape index (κ2) is 2.94. The van der Waals surface area contributed by atoms with Crippen molar-refractivity contribution in [3.05, 3.63) is 0 Å². The minimum Gasteiger partial charge on any atom is -0.298 e. The Labute approximate surface area is 73.1 Å². The number of hydrogen-bond donors (Lipinski definition) is 1. The largest absolute Gasteiger partial charge is 0.298 e. The van der Waals surface area contributed by atoms with E-state index in [0.717, 1.165) is 0 Å². The van der Waals surface area contributed by atoms with Crippen molar-refractivity contribution in [3.8, 4) is 0 Å². The van der Waals surface area contributed by atoms with Crippen LogP contribution in [0.5, 0.6) is 0 Å². The third-order valence-electron chi connectivity index (χ3n) is 1.98. The highest BCUT2D eigenvalue weighted by Crippen LogP contribution is 2.14. The minimum atomic E-state index is -0.613. The van der Waals surface area contributed by atoms with Gasteiger partial charge in [0.25, 0.3) is 0 Å². The van der Waals surface area contributed by atoms with Crippen molar-refractivity contribution in [3.63, 3.8) is 0 Å². The van der Waals surface area contributed by atoms with Crippen LogP contribution in [0.2, 0.25) is 0 Å². The molecule has 1 heterocycles. The maximum Gasteiger partial charge on any atom is 0.201 e. The second-order valence-electron chi connectivity index (χ2n) is 3.15. The fourth-order valence-corrected chi connectivity index (χ4v) is 1.06. The van der Waals surface area contributed by atoms with E-state index in [-0.39, 0.29) is 11.6 Å². The number of nitrogens with zero attached hydrogens (tertiary/aromatic N) is 1. The number of amides is 2. The van der Waals surface area contributed by atoms with Gasteiger partial charge >= 0.3 is 0 Å². The van der Waals surface area contributed by atoms with Gasteiger partial charge in [-0.15, -0.1) is 0 Å². The fraction of sp³-hybridized carbons (Fsp3) is 0.667. The number of nitrogens with one attached hydrogen (secondary N) is 1. The first kappa shape index (κ1) is 9.32. The SMILES string of the molecule is CNC(C)(C)N1C(=O)[B][B]C1=O. The molecule has 0 aromatic heterocycles. The zero-order valence-electron chi connectivity index (χ0n) is 7.42. The Balaban J connectivity index is 2.86. The molecule has 2 radical (unpaired) electrons. The molecule has 0 aliphatic carbocycles. The lowest BCUT2D eigenvalue weighted by Crippen LogP contribution is -2.55. The predicted octanol–water partition coefficient (Wildman–Crippen LogP) is -0.179. The van der Waals surface area contributed by atoms with Gasteiger partial charge in [-0.1, -0.05) is 0 Å². The van der Waals surface area contributed by atoms with Crippen LogP contribution in [0.15, 0.2) is 0 Å². The van der Waals surface area contributed by atoms with Crippen LogP contribution in [0.4, 0.5) is 9.59 Å². The van der Waals surface area contributed by atoms with E-state index in [0.29, 0.717) is 0 Å². The van der Waals surface area contributed by atoms with Crippen LogP contribution < -0.4 is 5.32 Å². The highest BCUT2D eigenvalue weighted by molar-refractivity contribution is 7.30. The Kier molecular flexibility index (Phi) is 2.28. The smallest absolute Gasteiger partial charge is 0.201 e. The first-order valence-electron chi connectivity index (χ1n) is 3.74. The number of rotatable bonds is 2. The lowest BCUT2D eigenvalue weighted by Gasteiger charge is -2.34. The summed E-state index contributed by atoms with van der Waals surface area (Å²) in [6.45, 7) is 3.55. The van der Waals surface area contributed by atoms with Gasteiger partial charge in [-0.3, -0.25) is 19.8 Å². The van der Waals surface area contributed by atoms with Gasteiger partial charge in [0.05, 0.1) is 5.66 Å². The molecule has 1 N–H and O–H groups in total. The molecular formula is C6H10B2N2O2. The topological polar surface area (TPSA) is 49.4 Å². The summed E-state index contributed by atoms with van der Waals surface area (Å²) in [6.07, 6.45) is 0. The van der Waals surface area contributed by atoms with Gasteiger partial charge in [-0.05, 0) is 20.9 Å². The quantitative estimate of drug-likeness (QED) is 0.575. The monoisotopic (exact) mass is 164 g/mol. The summed E-state index contributed by atoms with van der Waals surface area (Å²) in [5.41, 5.74) is -0.613. The maximum absolute atomic E-state index is 11.2. The average Bonchev–Trinajstić information content (AvgIpc) is 2.31. The minimum absolute atomic E-state index is 0.264. The molecule has 0 atom stereocenters. The Morgan fingerprint density at radius 1 is 1.25 bits per heavy atom. The van der Waals surface area contributed by atoms with Crippen LogP contribution in [-0.2, 0) is 0 Å². The molecule has 2 amide bonds. The van der Waals surface area contributed by atoms with Crippen molar-refractivity contribution in [2.24, 2.45) is 0 Å². The molecular weight excluding hydrogens is 154 g/mol. The van der Waals surface area contributed by atoms with Crippen LogP contribution in [0.1, 0.15) is 13.8 Å². The van der Waals surface area contributed by atoms with Gasteiger partial charge in [-0.2, -0.15) is 0 Å². The average molecular weight is 164 g/mol. The number of carbonyl (C=O) groups excluding carboxylic acids is 2. The van der Waals surface area contributed by atoms with Crippen molar-refractivity contribution in [2.75, 3.05) is 7.05 Å². The van der Waals surface area contributed by atoms with Gasteiger partial charge in [0.15, 0.2) is 11.6 Å². The molecule has 12 heavy (non-hydrogen) atoms. The van der Waals surface area contributed by atoms with E-state index in [2.05, 4.69) is 5.32 Å². The summed E-state index contributed by atoms with van der Waals surface area (Å²) in [7, 11) is 4.27. The molecule has 6 heteroatoms. The Hall–Kier alpha value is -0.770. The van der Waals surface area contributed by atoms with E-state index in [9.17, 15) is 9.59 Å². The van der Waals surface area contributed by atoms with E-state index in [1.54, 1.807) is 20.9 Å². The molecule has 1 aliphatic heterocycles. The fourth-order valence-electron chi connectivity index (χ4n) is 1.06. The van der Waals surface area contributed by atoms with Gasteiger partial charge in [-0.25, -0.2) is 0 Å². The van der Waals surface area contributed by atoms with E-state index in [1.807, 2.05) is 0 Å². The van der Waals surface area contributed by atoms with Gasteiger partial charge in [0.1, 0.15) is 0 Å². The molecule has 1 saturated heterocycles. The Bertz CT molecular complexity index is 214. The third-order valence-corrected chi connectivity index (χ3v) is 1.98. The number of imide groups is 1. The molecule has 1 fully saturated rings. The summed E-state index contributed by atoms with van der Waals surface area (Å²) in [5.74, 6) is -0.529. The molecule has 1 aliphatic rings. The van der Waals surface area contributed by atoms with Crippen LogP contribution in [0.25, 0.3) is 0 Å². The maximum atomic E-state index is 11.2. The molecule has 0 saturated carbocycles. The predicted molar refractivity (Wildman–Crippen MR) is 47.3 cm³/mol. The Morgan fingerprint density at radius 2 is 1.67 bits per heavy atom. The first-order chi connectivity index (χ1) is 5.49. The summed E-state index contributed by atoms with van der Waals surface area (Å²) >= 11 is 0. The Morgan fingerprint density at radius 3 is 2.00 bits per heavy atom. The summed E-state index contributed by atoms with van der Waals surface area (Å²) in [5, 5.41) is 2.89. The summed E-state index contributed by atoms with van der Waals surface area (Å²) in [4.78, 5) is 23.5. The van der Waals surface area contributed by atoms with Gasteiger partial charge < -0.3 is 0 Å². The van der Waals surface area contributed by atoms with Crippen LogP contribution >= 0.6 is 0 Å². The van der Waals surface area contributed by atoms with Crippen LogP contribution in [-0.4, -0.2) is 43.6 Å². The number of hydrogen-bond acceptors (Lipinski definition) is 3. The van der Waals surface area contributed by atoms with Crippen LogP contribution in [0, 0.1) is 0 Å². The molecule has 0 aromatic rings. The normalized spacial score (nSPS) is 17.8. The lowest BCUT2D eigenvalue weighted by atomic mass is 9.42. The van der Waals surface area contributed by atoms with E-state index < -0.39 is 5.66 Å². The molecule has 62 valence electrons. The van der Waals surface area contributed by atoms with E-state index in [1.165, 1.54) is 19.2 Å². The molecule has 0 aromatic carbocycles. The van der Waals surface area contributed by atoms with Gasteiger partial charge in [0.2, 0.25) is 14.3 Å². The zero-order chi connectivity index (χ0) is 9.35. The van der Waals surface area contributed by atoms with E-state index in [4.69, 9.17) is 0 Å². The standard InChI is InChI=1S/C6H10B2N2O2/c1-6(2,9-3)10-4(11)7-8-5(10)12/h9H,1-3H3. The summed E-state index contributed by atoms with van der Waals surface area (Å²) in [6, 6.07) is 0. The zero-order valence-corrected chi connectivity index (χ0v) is 7.42. The molecule has 0 unspecified atom stereocenters. The van der Waals surface area contributed by atoms with Crippen molar-refractivity contribution in [1.82, 2.24) is 10.2 Å². The molecule has 1 rings (SSSR count). The van der Waals surface area contributed by atoms with Crippen molar-refractivity contribution >= 4 is 26.0 Å². The lowest BCUT2D eigenvalue weighted by molar-refractivity contribution is 0.158. The molecule has 0 bridgehead atoms. The van der Waals surface area contributed by atoms with Gasteiger partial charge in [0, 0.05) is 0 Å². The highest BCUT2D eigenvalue weighted by atomic mass is 16.2. The van der Waals surface area contributed by atoms with Crippen molar-refractivity contribution in [2.45, 2.75) is 19.5 Å². The number of carbonyl (C=O) groups is 2. The van der Waals surface area contributed by atoms with Crippen molar-refractivity contribution < 1.29 is 9.59 Å². The van der Waals surface area contributed by atoms with Crippen LogP contribution in [0.3, 0.4) is 0 Å². The van der Waals surface area contributed by atoms with Crippen molar-refractivity contribution in [1.29, 1.82) is 0 Å². The highest BCUT2D eigenvalue weighted by Gasteiger charge is 2.39. The molecule has 0 spiro atoms. The summed E-state index contributed by atoms with van der Waals surface area (Å²) < 4.78 is 0.